The predicted octanol–water partition coefficient (Wildman–Crippen LogP) is 3.48. The second-order valence-electron chi connectivity index (χ2n) is 7.09. The SMILES string of the molecule is N#Cc1ccc(OC2CN(C(=O)C3c4ccccc4Oc4ccccc43)C2)nc1. The molecule has 3 aromatic rings. The number of aromatic nitrogens is 1. The van der Waals surface area contributed by atoms with Crippen LogP contribution in [0.4, 0.5) is 0 Å². The average molecular weight is 383 g/mol. The highest BCUT2D eigenvalue weighted by Crippen LogP contribution is 2.45. The van der Waals surface area contributed by atoms with Gasteiger partial charge in [0.05, 0.1) is 24.6 Å². The molecule has 142 valence electrons. The molecular formula is C23H17N3O3. The van der Waals surface area contributed by atoms with Crippen molar-refractivity contribution in [3.8, 4) is 23.4 Å². The fraction of sp³-hybridized carbons (Fsp3) is 0.174. The van der Waals surface area contributed by atoms with Crippen molar-refractivity contribution in [1.29, 1.82) is 5.26 Å². The molecule has 5 rings (SSSR count). The lowest BCUT2D eigenvalue weighted by Crippen LogP contribution is -2.57. The number of hydrogen-bond donors (Lipinski definition) is 0. The van der Waals surface area contributed by atoms with Gasteiger partial charge in [0.15, 0.2) is 0 Å². The zero-order chi connectivity index (χ0) is 19.8. The van der Waals surface area contributed by atoms with Gasteiger partial charge in [-0.05, 0) is 18.2 Å². The Morgan fingerprint density at radius 3 is 2.28 bits per heavy atom. The topological polar surface area (TPSA) is 75.5 Å². The molecule has 0 bridgehead atoms. The molecule has 2 aromatic carbocycles. The highest BCUT2D eigenvalue weighted by atomic mass is 16.5. The van der Waals surface area contributed by atoms with Crippen LogP contribution in [0.1, 0.15) is 22.6 Å². The summed E-state index contributed by atoms with van der Waals surface area (Å²) in [5, 5.41) is 8.84. The molecule has 0 saturated carbocycles. The van der Waals surface area contributed by atoms with Crippen molar-refractivity contribution >= 4 is 5.91 Å². The number of rotatable bonds is 3. The summed E-state index contributed by atoms with van der Waals surface area (Å²) in [5.74, 6) is 1.56. The number of amides is 1. The average Bonchev–Trinajstić information content (AvgIpc) is 2.74. The van der Waals surface area contributed by atoms with Crippen molar-refractivity contribution < 1.29 is 14.3 Å². The summed E-state index contributed by atoms with van der Waals surface area (Å²) in [5.41, 5.74) is 2.25. The zero-order valence-corrected chi connectivity index (χ0v) is 15.5. The Hall–Kier alpha value is -3.85. The van der Waals surface area contributed by atoms with Crippen molar-refractivity contribution in [2.45, 2.75) is 12.0 Å². The number of hydrogen-bond acceptors (Lipinski definition) is 5. The fourth-order valence-electron chi connectivity index (χ4n) is 3.74. The largest absolute Gasteiger partial charge is 0.471 e. The molecule has 0 unspecified atom stereocenters. The van der Waals surface area contributed by atoms with Gasteiger partial charge in [-0.3, -0.25) is 4.79 Å². The summed E-state index contributed by atoms with van der Waals surface area (Å²) in [6, 6.07) is 20.7. The third-order valence-electron chi connectivity index (χ3n) is 5.24. The number of likely N-dealkylation sites (tertiary alicyclic amines) is 1. The van der Waals surface area contributed by atoms with Gasteiger partial charge < -0.3 is 14.4 Å². The van der Waals surface area contributed by atoms with Gasteiger partial charge in [-0.25, -0.2) is 4.98 Å². The van der Waals surface area contributed by atoms with Crippen LogP contribution in [0.5, 0.6) is 17.4 Å². The lowest BCUT2D eigenvalue weighted by molar-refractivity contribution is -0.141. The molecule has 0 spiro atoms. The van der Waals surface area contributed by atoms with Crippen molar-refractivity contribution in [3.05, 3.63) is 83.6 Å². The molecule has 6 nitrogen and oxygen atoms in total. The van der Waals surface area contributed by atoms with Gasteiger partial charge in [-0.15, -0.1) is 0 Å². The normalized spacial score (nSPS) is 15.3. The fourth-order valence-corrected chi connectivity index (χ4v) is 3.74. The molecule has 1 saturated heterocycles. The first kappa shape index (κ1) is 17.3. The van der Waals surface area contributed by atoms with Crippen molar-refractivity contribution in [2.75, 3.05) is 13.1 Å². The first-order valence-electron chi connectivity index (χ1n) is 9.40. The van der Waals surface area contributed by atoms with Gasteiger partial charge in [0.25, 0.3) is 0 Å². The molecular weight excluding hydrogens is 366 g/mol. The van der Waals surface area contributed by atoms with E-state index < -0.39 is 0 Å². The van der Waals surface area contributed by atoms with E-state index in [4.69, 9.17) is 14.7 Å². The quantitative estimate of drug-likeness (QED) is 0.692. The van der Waals surface area contributed by atoms with Gasteiger partial charge in [0.1, 0.15) is 23.7 Å². The summed E-state index contributed by atoms with van der Waals surface area (Å²) in [6.45, 7) is 1.00. The van der Waals surface area contributed by atoms with E-state index >= 15 is 0 Å². The minimum absolute atomic E-state index is 0.0424. The number of benzene rings is 2. The second-order valence-corrected chi connectivity index (χ2v) is 7.09. The Kier molecular flexibility index (Phi) is 4.14. The van der Waals surface area contributed by atoms with Gasteiger partial charge in [0.2, 0.25) is 11.8 Å². The van der Waals surface area contributed by atoms with Crippen LogP contribution in [0.25, 0.3) is 0 Å². The van der Waals surface area contributed by atoms with E-state index in [-0.39, 0.29) is 17.9 Å². The van der Waals surface area contributed by atoms with Crippen molar-refractivity contribution in [2.24, 2.45) is 0 Å². The molecule has 1 aromatic heterocycles. The Balaban J connectivity index is 1.32. The van der Waals surface area contributed by atoms with E-state index in [1.807, 2.05) is 54.6 Å². The van der Waals surface area contributed by atoms with Crippen LogP contribution in [-0.2, 0) is 4.79 Å². The second kappa shape index (κ2) is 6.95. The van der Waals surface area contributed by atoms with Crippen LogP contribution >= 0.6 is 0 Å². The number of carbonyl (C=O) groups excluding carboxylic acids is 1. The van der Waals surface area contributed by atoms with Gasteiger partial charge in [-0.1, -0.05) is 36.4 Å². The van der Waals surface area contributed by atoms with E-state index in [9.17, 15) is 4.79 Å². The minimum Gasteiger partial charge on any atom is -0.471 e. The molecule has 29 heavy (non-hydrogen) atoms. The summed E-state index contributed by atoms with van der Waals surface area (Å²) >= 11 is 0. The molecule has 0 atom stereocenters. The molecule has 0 radical (unpaired) electrons. The summed E-state index contributed by atoms with van der Waals surface area (Å²) in [7, 11) is 0. The van der Waals surface area contributed by atoms with E-state index in [1.165, 1.54) is 6.20 Å². The van der Waals surface area contributed by atoms with Crippen LogP contribution in [0.3, 0.4) is 0 Å². The zero-order valence-electron chi connectivity index (χ0n) is 15.5. The number of nitriles is 1. The minimum atomic E-state index is -0.384. The molecule has 6 heteroatoms. The Morgan fingerprint density at radius 2 is 1.69 bits per heavy atom. The van der Waals surface area contributed by atoms with Gasteiger partial charge in [-0.2, -0.15) is 5.26 Å². The molecule has 1 amide bonds. The maximum atomic E-state index is 13.4. The maximum absolute atomic E-state index is 13.4. The smallest absolute Gasteiger partial charge is 0.235 e. The number of fused-ring (bicyclic) bond motifs is 2. The number of nitrogens with zero attached hydrogens (tertiary/aromatic N) is 3. The summed E-state index contributed by atoms with van der Waals surface area (Å²) in [4.78, 5) is 19.3. The summed E-state index contributed by atoms with van der Waals surface area (Å²) < 4.78 is 11.8. The first-order valence-corrected chi connectivity index (χ1v) is 9.40. The van der Waals surface area contributed by atoms with Crippen molar-refractivity contribution in [3.63, 3.8) is 0 Å². The van der Waals surface area contributed by atoms with Crippen LogP contribution in [0, 0.1) is 11.3 Å². The Bertz CT molecular complexity index is 1070. The number of ether oxygens (including phenoxy) is 2. The number of carbonyl (C=O) groups is 1. The first-order chi connectivity index (χ1) is 14.2. The highest BCUT2D eigenvalue weighted by molar-refractivity contribution is 5.90. The van der Waals surface area contributed by atoms with Crippen molar-refractivity contribution in [1.82, 2.24) is 9.88 Å². The van der Waals surface area contributed by atoms with Crippen LogP contribution in [-0.4, -0.2) is 35.0 Å². The molecule has 2 aliphatic heterocycles. The van der Waals surface area contributed by atoms with Crippen LogP contribution in [0.15, 0.2) is 66.9 Å². The van der Waals surface area contributed by atoms with Gasteiger partial charge >= 0.3 is 0 Å². The predicted molar refractivity (Wildman–Crippen MR) is 105 cm³/mol. The van der Waals surface area contributed by atoms with E-state index in [0.29, 0.717) is 24.5 Å². The standard InChI is InChI=1S/C23H17N3O3/c24-11-15-9-10-21(25-12-15)28-16-13-26(14-16)23(27)22-17-5-1-3-7-19(17)29-20-8-4-2-6-18(20)22/h1-10,12,16,22H,13-14H2. The molecule has 1 fully saturated rings. The Labute approximate surface area is 167 Å². The van der Waals surface area contributed by atoms with Gasteiger partial charge in [0, 0.05) is 23.4 Å². The molecule has 2 aliphatic rings. The third-order valence-corrected chi connectivity index (χ3v) is 5.24. The van der Waals surface area contributed by atoms with Crippen LogP contribution in [0.2, 0.25) is 0 Å². The highest BCUT2D eigenvalue weighted by Gasteiger charge is 2.40. The van der Waals surface area contributed by atoms with Crippen LogP contribution < -0.4 is 9.47 Å². The van der Waals surface area contributed by atoms with E-state index in [2.05, 4.69) is 4.98 Å². The maximum Gasteiger partial charge on any atom is 0.235 e. The Morgan fingerprint density at radius 1 is 1.03 bits per heavy atom. The monoisotopic (exact) mass is 383 g/mol. The molecule has 0 N–H and O–H groups in total. The lowest BCUT2D eigenvalue weighted by Gasteiger charge is -2.41. The number of para-hydroxylation sites is 2. The number of pyridine rings is 1. The lowest BCUT2D eigenvalue weighted by atomic mass is 9.86. The third kappa shape index (κ3) is 3.07. The molecule has 0 aliphatic carbocycles. The van der Waals surface area contributed by atoms with E-state index in [0.717, 1.165) is 22.6 Å². The molecule has 3 heterocycles. The summed E-state index contributed by atoms with van der Waals surface area (Å²) in [6.07, 6.45) is 1.37. The van der Waals surface area contributed by atoms with E-state index in [1.54, 1.807) is 17.0 Å².